The molecule has 0 saturated carbocycles. The minimum atomic E-state index is -1.01. The van der Waals surface area contributed by atoms with E-state index in [1.165, 1.54) is 24.3 Å². The highest BCUT2D eigenvalue weighted by atomic mass is 79.9. The van der Waals surface area contributed by atoms with Crippen molar-refractivity contribution in [1.82, 2.24) is 5.32 Å². The maximum absolute atomic E-state index is 13.2. The number of imide groups is 2. The summed E-state index contributed by atoms with van der Waals surface area (Å²) >= 11 is 9.37. The molecule has 1 aliphatic heterocycles. The van der Waals surface area contributed by atoms with Crippen LogP contribution in [0.5, 0.6) is 5.75 Å². The van der Waals surface area contributed by atoms with Crippen molar-refractivity contribution < 1.29 is 28.8 Å². The minimum absolute atomic E-state index is 0.0264. The third-order valence-corrected chi connectivity index (χ3v) is 6.02. The zero-order valence-electron chi connectivity index (χ0n) is 19.1. The smallest absolute Gasteiger partial charge is 0.335 e. The molecule has 0 bridgehead atoms. The van der Waals surface area contributed by atoms with Crippen LogP contribution in [0.2, 0.25) is 5.02 Å². The molecular weight excluding hydrogens is 584 g/mol. The largest absolute Gasteiger partial charge is 0.483 e. The van der Waals surface area contributed by atoms with Crippen LogP contribution in [0.4, 0.5) is 21.9 Å². The molecule has 1 saturated heterocycles. The third kappa shape index (κ3) is 5.88. The number of nitrogens with one attached hydrogen (secondary N) is 2. The second kappa shape index (κ2) is 11.2. The highest BCUT2D eigenvalue weighted by Crippen LogP contribution is 2.29. The first-order chi connectivity index (χ1) is 18.1. The molecule has 38 heavy (non-hydrogen) atoms. The van der Waals surface area contributed by atoms with E-state index in [0.29, 0.717) is 20.1 Å². The fourth-order valence-corrected chi connectivity index (χ4v) is 3.99. The molecule has 0 radical (unpaired) electrons. The molecule has 0 aromatic heterocycles. The van der Waals surface area contributed by atoms with Gasteiger partial charge in [0.25, 0.3) is 23.4 Å². The first-order valence-electron chi connectivity index (χ1n) is 10.8. The Morgan fingerprint density at radius 3 is 2.50 bits per heavy atom. The fraction of sp³-hybridized carbons (Fsp3) is 0.0400. The van der Waals surface area contributed by atoms with Crippen molar-refractivity contribution >= 4 is 74.4 Å². The SMILES string of the molecule is O=C(COc1ccc(Br)cc1/C=C1/C(=O)NC(=O)N(c2ccc([N+](=O)[O-])cc2)C1=O)Nc1ccccc1Cl. The lowest BCUT2D eigenvalue weighted by Gasteiger charge is -2.26. The Morgan fingerprint density at radius 1 is 1.11 bits per heavy atom. The Bertz CT molecular complexity index is 1510. The number of nitrogens with zero attached hydrogens (tertiary/aromatic N) is 2. The summed E-state index contributed by atoms with van der Waals surface area (Å²) in [6.07, 6.45) is 1.22. The van der Waals surface area contributed by atoms with Crippen molar-refractivity contribution in [2.24, 2.45) is 0 Å². The van der Waals surface area contributed by atoms with Crippen molar-refractivity contribution in [1.29, 1.82) is 0 Å². The predicted octanol–water partition coefficient (Wildman–Crippen LogP) is 4.69. The van der Waals surface area contributed by atoms with Crippen molar-refractivity contribution in [2.45, 2.75) is 0 Å². The van der Waals surface area contributed by atoms with Crippen molar-refractivity contribution in [3.63, 3.8) is 0 Å². The van der Waals surface area contributed by atoms with E-state index >= 15 is 0 Å². The van der Waals surface area contributed by atoms with Crippen LogP contribution >= 0.6 is 27.5 Å². The summed E-state index contributed by atoms with van der Waals surface area (Å²) in [5, 5.41) is 16.0. The number of nitro benzene ring substituents is 1. The van der Waals surface area contributed by atoms with Crippen molar-refractivity contribution in [3.8, 4) is 5.75 Å². The Balaban J connectivity index is 1.59. The van der Waals surface area contributed by atoms with Gasteiger partial charge in [-0.25, -0.2) is 9.69 Å². The van der Waals surface area contributed by atoms with E-state index in [1.54, 1.807) is 36.4 Å². The van der Waals surface area contributed by atoms with Gasteiger partial charge in [-0.3, -0.25) is 29.8 Å². The number of nitro groups is 1. The monoisotopic (exact) mass is 598 g/mol. The van der Waals surface area contributed by atoms with Crippen LogP contribution in [-0.4, -0.2) is 35.3 Å². The lowest BCUT2D eigenvalue weighted by atomic mass is 10.1. The molecule has 5 amide bonds. The molecule has 1 fully saturated rings. The van der Waals surface area contributed by atoms with Crippen LogP contribution in [0.15, 0.2) is 76.8 Å². The van der Waals surface area contributed by atoms with E-state index in [1.807, 2.05) is 0 Å². The number of urea groups is 1. The molecule has 2 N–H and O–H groups in total. The number of carbonyl (C=O) groups excluding carboxylic acids is 4. The van der Waals surface area contributed by atoms with Gasteiger partial charge in [-0.05, 0) is 48.5 Å². The van der Waals surface area contributed by atoms with Gasteiger partial charge in [0.05, 0.1) is 21.3 Å². The lowest BCUT2D eigenvalue weighted by Crippen LogP contribution is -2.54. The van der Waals surface area contributed by atoms with Gasteiger partial charge in [0.15, 0.2) is 6.61 Å². The summed E-state index contributed by atoms with van der Waals surface area (Å²) in [4.78, 5) is 61.6. The molecule has 4 rings (SSSR count). The maximum atomic E-state index is 13.2. The number of anilines is 2. The van der Waals surface area contributed by atoms with E-state index in [4.69, 9.17) is 16.3 Å². The third-order valence-electron chi connectivity index (χ3n) is 5.20. The summed E-state index contributed by atoms with van der Waals surface area (Å²) in [5.74, 6) is -2.22. The molecule has 1 aliphatic rings. The fourth-order valence-electron chi connectivity index (χ4n) is 3.43. The number of amides is 5. The number of benzene rings is 3. The van der Waals surface area contributed by atoms with Gasteiger partial charge in [-0.15, -0.1) is 0 Å². The van der Waals surface area contributed by atoms with E-state index in [0.717, 1.165) is 12.1 Å². The van der Waals surface area contributed by atoms with Gasteiger partial charge < -0.3 is 10.1 Å². The molecule has 11 nitrogen and oxygen atoms in total. The second-order valence-corrected chi connectivity index (χ2v) is 9.05. The van der Waals surface area contributed by atoms with Crippen molar-refractivity contribution in [2.75, 3.05) is 16.8 Å². The number of halogens is 2. The average Bonchev–Trinajstić information content (AvgIpc) is 2.87. The first kappa shape index (κ1) is 26.5. The van der Waals surface area contributed by atoms with Crippen LogP contribution < -0.4 is 20.3 Å². The second-order valence-electron chi connectivity index (χ2n) is 7.73. The summed E-state index contributed by atoms with van der Waals surface area (Å²) in [6.45, 7) is -0.406. The standard InChI is InChI=1S/C25H16BrClN4O7/c26-15-5-10-21(38-13-22(32)28-20-4-2-1-3-19(20)27)14(11-15)12-18-23(33)29-25(35)30(24(18)34)16-6-8-17(9-7-16)31(36)37/h1-12H,13H2,(H,28,32)(H,29,33,35)/b18-12-. The quantitative estimate of drug-likeness (QED) is 0.173. The molecule has 1 heterocycles. The summed E-state index contributed by atoms with van der Waals surface area (Å²) in [6, 6.07) is 15.1. The zero-order valence-corrected chi connectivity index (χ0v) is 21.5. The Hall–Kier alpha value is -4.55. The number of rotatable bonds is 7. The molecular formula is C25H16BrClN4O7. The first-order valence-corrected chi connectivity index (χ1v) is 11.9. The van der Waals surface area contributed by atoms with Crippen LogP contribution in [0.1, 0.15) is 5.56 Å². The Kier molecular flexibility index (Phi) is 7.84. The molecule has 13 heteroatoms. The molecule has 0 spiro atoms. The molecule has 0 unspecified atom stereocenters. The number of para-hydroxylation sites is 1. The molecule has 192 valence electrons. The number of hydrogen-bond donors (Lipinski definition) is 2. The summed E-state index contributed by atoms with van der Waals surface area (Å²) < 4.78 is 6.23. The lowest BCUT2D eigenvalue weighted by molar-refractivity contribution is -0.384. The van der Waals surface area contributed by atoms with E-state index in [9.17, 15) is 29.3 Å². The van der Waals surface area contributed by atoms with E-state index in [2.05, 4.69) is 26.6 Å². The van der Waals surface area contributed by atoms with Gasteiger partial charge in [-0.1, -0.05) is 39.7 Å². The maximum Gasteiger partial charge on any atom is 0.335 e. The highest BCUT2D eigenvalue weighted by Gasteiger charge is 2.37. The molecule has 3 aromatic rings. The van der Waals surface area contributed by atoms with Gasteiger partial charge in [0.2, 0.25) is 0 Å². The number of ether oxygens (including phenoxy) is 1. The Labute approximate surface area is 228 Å². The van der Waals surface area contributed by atoms with Gasteiger partial charge in [0, 0.05) is 22.2 Å². The van der Waals surface area contributed by atoms with Gasteiger partial charge in [0.1, 0.15) is 11.3 Å². The number of barbiturate groups is 1. The van der Waals surface area contributed by atoms with Crippen LogP contribution in [0, 0.1) is 10.1 Å². The minimum Gasteiger partial charge on any atom is -0.483 e. The molecule has 0 atom stereocenters. The number of hydrogen-bond acceptors (Lipinski definition) is 7. The summed E-state index contributed by atoms with van der Waals surface area (Å²) in [5.41, 5.74) is 0.0626. The van der Waals surface area contributed by atoms with Crippen LogP contribution in [0.25, 0.3) is 6.08 Å². The van der Waals surface area contributed by atoms with Crippen LogP contribution in [-0.2, 0) is 14.4 Å². The normalized spacial score (nSPS) is 14.3. The highest BCUT2D eigenvalue weighted by molar-refractivity contribution is 9.10. The topological polar surface area (TPSA) is 148 Å². The molecule has 3 aromatic carbocycles. The van der Waals surface area contributed by atoms with E-state index in [-0.39, 0.29) is 22.7 Å². The average molecular weight is 600 g/mol. The Morgan fingerprint density at radius 2 is 1.82 bits per heavy atom. The van der Waals surface area contributed by atoms with E-state index < -0.39 is 40.9 Å². The van der Waals surface area contributed by atoms with Gasteiger partial charge in [-0.2, -0.15) is 0 Å². The summed E-state index contributed by atoms with van der Waals surface area (Å²) in [7, 11) is 0. The number of non-ortho nitro benzene ring substituents is 1. The van der Waals surface area contributed by atoms with Crippen LogP contribution in [0.3, 0.4) is 0 Å². The zero-order chi connectivity index (χ0) is 27.4. The van der Waals surface area contributed by atoms with Crippen molar-refractivity contribution in [3.05, 3.63) is 97.5 Å². The predicted molar refractivity (Wildman–Crippen MR) is 142 cm³/mol. The number of carbonyl (C=O) groups is 4. The van der Waals surface area contributed by atoms with Gasteiger partial charge >= 0.3 is 6.03 Å². The molecule has 0 aliphatic carbocycles.